The highest BCUT2D eigenvalue weighted by Gasteiger charge is 2.12. The van der Waals surface area contributed by atoms with Crippen molar-refractivity contribution in [2.45, 2.75) is 25.8 Å². The van der Waals surface area contributed by atoms with Crippen LogP contribution in [0.5, 0.6) is 0 Å². The predicted molar refractivity (Wildman–Crippen MR) is 79.8 cm³/mol. The number of amides is 1. The molecule has 19 heavy (non-hydrogen) atoms. The van der Waals surface area contributed by atoms with E-state index in [9.17, 15) is 13.2 Å². The summed E-state index contributed by atoms with van der Waals surface area (Å²) < 4.78 is 23.2. The second-order valence-corrected chi connectivity index (χ2v) is 7.79. The first-order valence-electron chi connectivity index (χ1n) is 5.98. The molecule has 0 fully saturated rings. The summed E-state index contributed by atoms with van der Waals surface area (Å²) >= 11 is 3.35. The van der Waals surface area contributed by atoms with Gasteiger partial charge in [0.15, 0.2) is 0 Å². The fourth-order valence-electron chi connectivity index (χ4n) is 1.75. The molecule has 1 N–H and O–H groups in total. The molecule has 0 aliphatic rings. The molecule has 0 bridgehead atoms. The van der Waals surface area contributed by atoms with Gasteiger partial charge in [-0.15, -0.1) is 0 Å². The van der Waals surface area contributed by atoms with Crippen molar-refractivity contribution in [3.63, 3.8) is 0 Å². The van der Waals surface area contributed by atoms with E-state index in [0.29, 0.717) is 12.8 Å². The molecule has 0 saturated heterocycles. The summed E-state index contributed by atoms with van der Waals surface area (Å²) in [6, 6.07) is 7.42. The van der Waals surface area contributed by atoms with E-state index in [2.05, 4.69) is 21.2 Å². The van der Waals surface area contributed by atoms with Gasteiger partial charge in [-0.25, -0.2) is 8.42 Å². The van der Waals surface area contributed by atoms with Gasteiger partial charge in [-0.1, -0.05) is 28.1 Å². The van der Waals surface area contributed by atoms with Gasteiger partial charge >= 0.3 is 0 Å². The van der Waals surface area contributed by atoms with E-state index in [1.807, 2.05) is 24.3 Å². The van der Waals surface area contributed by atoms with E-state index >= 15 is 0 Å². The summed E-state index contributed by atoms with van der Waals surface area (Å²) in [6.07, 6.45) is 2.16. The summed E-state index contributed by atoms with van der Waals surface area (Å²) in [5, 5.41) is 2.69. The fraction of sp³-hybridized carbons (Fsp3) is 0.462. The van der Waals surface area contributed by atoms with Crippen LogP contribution in [-0.2, 0) is 21.1 Å². The normalized spacial score (nSPS) is 13.0. The van der Waals surface area contributed by atoms with Crippen molar-refractivity contribution in [2.24, 2.45) is 0 Å². The molecule has 0 unspecified atom stereocenters. The summed E-state index contributed by atoms with van der Waals surface area (Å²) in [6.45, 7) is 1.69. The number of aryl methyl sites for hydroxylation is 1. The molecule has 0 radical (unpaired) electrons. The Hall–Kier alpha value is -0.880. The first-order chi connectivity index (χ1) is 8.76. The third-order valence-corrected chi connectivity index (χ3v) is 4.15. The summed E-state index contributed by atoms with van der Waals surface area (Å²) in [5.74, 6) is -0.157. The lowest BCUT2D eigenvalue weighted by molar-refractivity contribution is -0.121. The lowest BCUT2D eigenvalue weighted by Gasteiger charge is -2.12. The van der Waals surface area contributed by atoms with Crippen LogP contribution in [0.2, 0.25) is 0 Å². The molecule has 1 rings (SSSR count). The average molecular weight is 348 g/mol. The summed E-state index contributed by atoms with van der Waals surface area (Å²) in [5.41, 5.74) is 1.08. The van der Waals surface area contributed by atoms with Crippen LogP contribution < -0.4 is 5.32 Å². The monoisotopic (exact) mass is 347 g/mol. The van der Waals surface area contributed by atoms with Crippen molar-refractivity contribution >= 4 is 31.7 Å². The van der Waals surface area contributed by atoms with E-state index in [1.165, 1.54) is 0 Å². The van der Waals surface area contributed by atoms with Gasteiger partial charge in [-0.2, -0.15) is 0 Å². The Labute approximate surface area is 122 Å². The molecule has 1 amide bonds. The van der Waals surface area contributed by atoms with Gasteiger partial charge in [0.2, 0.25) is 5.91 Å². The number of halogens is 1. The van der Waals surface area contributed by atoms with E-state index < -0.39 is 9.84 Å². The largest absolute Gasteiger partial charge is 0.353 e. The van der Waals surface area contributed by atoms with Crippen LogP contribution in [0.25, 0.3) is 0 Å². The Morgan fingerprint density at radius 2 is 1.89 bits per heavy atom. The minimum atomic E-state index is -3.06. The number of rotatable bonds is 6. The van der Waals surface area contributed by atoms with Crippen molar-refractivity contribution in [1.29, 1.82) is 0 Å². The second kappa shape index (κ2) is 7.05. The number of nitrogens with one attached hydrogen (secondary N) is 1. The first-order valence-corrected chi connectivity index (χ1v) is 8.83. The number of benzene rings is 1. The van der Waals surface area contributed by atoms with Crippen LogP contribution in [0.3, 0.4) is 0 Å². The van der Waals surface area contributed by atoms with Crippen molar-refractivity contribution in [2.75, 3.05) is 12.0 Å². The second-order valence-electron chi connectivity index (χ2n) is 4.69. The van der Waals surface area contributed by atoms with Crippen LogP contribution in [0.1, 0.15) is 18.9 Å². The van der Waals surface area contributed by atoms with Gasteiger partial charge in [0, 0.05) is 23.2 Å². The summed E-state index contributed by atoms with van der Waals surface area (Å²) in [4.78, 5) is 11.7. The van der Waals surface area contributed by atoms with Gasteiger partial charge in [0.1, 0.15) is 9.84 Å². The molecular formula is C13H18BrNO3S. The van der Waals surface area contributed by atoms with Crippen molar-refractivity contribution in [3.8, 4) is 0 Å². The molecule has 0 aliphatic carbocycles. The molecule has 0 aliphatic heterocycles. The molecule has 0 saturated carbocycles. The zero-order valence-corrected chi connectivity index (χ0v) is 13.4. The molecule has 1 aromatic carbocycles. The maximum Gasteiger partial charge on any atom is 0.220 e. The Balaban J connectivity index is 2.37. The Bertz CT molecular complexity index is 525. The van der Waals surface area contributed by atoms with Gasteiger partial charge in [-0.3, -0.25) is 4.79 Å². The van der Waals surface area contributed by atoms with Crippen molar-refractivity contribution in [3.05, 3.63) is 34.3 Å². The SMILES string of the molecule is C[C@@H](CS(C)(=O)=O)NC(=O)CCc1ccc(Br)cc1. The quantitative estimate of drug-likeness (QED) is 0.855. The van der Waals surface area contributed by atoms with Crippen LogP contribution in [0.4, 0.5) is 0 Å². The predicted octanol–water partition coefficient (Wildman–Crippen LogP) is 1.93. The Morgan fingerprint density at radius 1 is 1.32 bits per heavy atom. The number of hydrogen-bond acceptors (Lipinski definition) is 3. The Morgan fingerprint density at radius 3 is 2.42 bits per heavy atom. The topological polar surface area (TPSA) is 63.2 Å². The van der Waals surface area contributed by atoms with Gasteiger partial charge < -0.3 is 5.32 Å². The van der Waals surface area contributed by atoms with E-state index in [4.69, 9.17) is 0 Å². The molecular weight excluding hydrogens is 330 g/mol. The van der Waals surface area contributed by atoms with Crippen LogP contribution in [0, 0.1) is 0 Å². The molecule has 1 aromatic rings. The average Bonchev–Trinajstić information content (AvgIpc) is 2.25. The smallest absolute Gasteiger partial charge is 0.220 e. The number of carbonyl (C=O) groups excluding carboxylic acids is 1. The standard InChI is InChI=1S/C13H18BrNO3S/c1-10(9-19(2,17)18)15-13(16)8-5-11-3-6-12(14)7-4-11/h3-4,6-7,10H,5,8-9H2,1-2H3,(H,15,16)/t10-/m0/s1. The third kappa shape index (κ3) is 7.32. The number of carbonyl (C=O) groups is 1. The molecule has 0 spiro atoms. The molecule has 0 heterocycles. The summed E-state index contributed by atoms with van der Waals surface area (Å²) in [7, 11) is -3.06. The molecule has 6 heteroatoms. The van der Waals surface area contributed by atoms with Crippen LogP contribution >= 0.6 is 15.9 Å². The van der Waals surface area contributed by atoms with Gasteiger partial charge in [-0.05, 0) is 31.0 Å². The minimum Gasteiger partial charge on any atom is -0.353 e. The molecule has 1 atom stereocenters. The highest BCUT2D eigenvalue weighted by Crippen LogP contribution is 2.11. The maximum absolute atomic E-state index is 11.7. The van der Waals surface area contributed by atoms with Crippen molar-refractivity contribution in [1.82, 2.24) is 5.32 Å². The molecule has 0 aromatic heterocycles. The van der Waals surface area contributed by atoms with E-state index in [0.717, 1.165) is 16.3 Å². The number of sulfone groups is 1. The fourth-order valence-corrected chi connectivity index (χ4v) is 3.01. The van der Waals surface area contributed by atoms with Gasteiger partial charge in [0.25, 0.3) is 0 Å². The highest BCUT2D eigenvalue weighted by molar-refractivity contribution is 9.10. The first kappa shape index (κ1) is 16.2. The molecule has 4 nitrogen and oxygen atoms in total. The van der Waals surface area contributed by atoms with Crippen LogP contribution in [0.15, 0.2) is 28.7 Å². The van der Waals surface area contributed by atoms with Crippen molar-refractivity contribution < 1.29 is 13.2 Å². The lowest BCUT2D eigenvalue weighted by Crippen LogP contribution is -2.37. The highest BCUT2D eigenvalue weighted by atomic mass is 79.9. The minimum absolute atomic E-state index is 0.0307. The lowest BCUT2D eigenvalue weighted by atomic mass is 10.1. The third-order valence-electron chi connectivity index (χ3n) is 2.51. The number of hydrogen-bond donors (Lipinski definition) is 1. The van der Waals surface area contributed by atoms with E-state index in [-0.39, 0.29) is 17.7 Å². The van der Waals surface area contributed by atoms with E-state index in [1.54, 1.807) is 6.92 Å². The van der Waals surface area contributed by atoms with Crippen LogP contribution in [-0.4, -0.2) is 32.4 Å². The molecule has 106 valence electrons. The Kier molecular flexibility index (Phi) is 6.00. The zero-order chi connectivity index (χ0) is 14.5. The van der Waals surface area contributed by atoms with Gasteiger partial charge in [0.05, 0.1) is 5.75 Å². The maximum atomic E-state index is 11.7. The zero-order valence-electron chi connectivity index (χ0n) is 11.0.